The van der Waals surface area contributed by atoms with Gasteiger partial charge in [-0.3, -0.25) is 0 Å². The SMILES string of the molecule is Cc1cccc2[nH]c(C3CCCC3N)nc12. The third kappa shape index (κ3) is 1.43. The number of nitrogens with zero attached hydrogens (tertiary/aromatic N) is 1. The van der Waals surface area contributed by atoms with Crippen LogP contribution in [-0.4, -0.2) is 16.0 Å². The van der Waals surface area contributed by atoms with E-state index in [2.05, 4.69) is 30.1 Å². The molecule has 84 valence electrons. The zero-order valence-electron chi connectivity index (χ0n) is 9.53. The normalized spacial score (nSPS) is 25.4. The quantitative estimate of drug-likeness (QED) is 0.767. The van der Waals surface area contributed by atoms with Crippen molar-refractivity contribution in [3.8, 4) is 0 Å². The van der Waals surface area contributed by atoms with Crippen LogP contribution in [0.25, 0.3) is 11.0 Å². The number of hydrogen-bond acceptors (Lipinski definition) is 2. The van der Waals surface area contributed by atoms with Crippen LogP contribution in [0.1, 0.15) is 36.6 Å². The van der Waals surface area contributed by atoms with Crippen molar-refractivity contribution in [1.82, 2.24) is 9.97 Å². The second kappa shape index (κ2) is 3.59. The summed E-state index contributed by atoms with van der Waals surface area (Å²) in [5, 5.41) is 0. The number of nitrogens with one attached hydrogen (secondary N) is 1. The molecule has 0 saturated heterocycles. The number of rotatable bonds is 1. The zero-order valence-corrected chi connectivity index (χ0v) is 9.53. The van der Waals surface area contributed by atoms with Crippen LogP contribution in [0.5, 0.6) is 0 Å². The van der Waals surface area contributed by atoms with Gasteiger partial charge in [0.15, 0.2) is 0 Å². The summed E-state index contributed by atoms with van der Waals surface area (Å²) in [6.07, 6.45) is 3.52. The number of aromatic nitrogens is 2. The molecule has 1 heterocycles. The van der Waals surface area contributed by atoms with E-state index in [-0.39, 0.29) is 6.04 Å². The Morgan fingerprint density at radius 3 is 2.94 bits per heavy atom. The number of benzene rings is 1. The van der Waals surface area contributed by atoms with Crippen LogP contribution >= 0.6 is 0 Å². The fourth-order valence-electron chi connectivity index (χ4n) is 2.70. The molecule has 2 aromatic rings. The lowest BCUT2D eigenvalue weighted by Crippen LogP contribution is -2.23. The molecule has 3 heteroatoms. The highest BCUT2D eigenvalue weighted by molar-refractivity contribution is 5.78. The molecule has 1 aromatic carbocycles. The average Bonchev–Trinajstić information content (AvgIpc) is 2.84. The van der Waals surface area contributed by atoms with Crippen LogP contribution in [0, 0.1) is 6.92 Å². The minimum atomic E-state index is 0.279. The lowest BCUT2D eigenvalue weighted by Gasteiger charge is -2.11. The fraction of sp³-hybridized carbons (Fsp3) is 0.462. The van der Waals surface area contributed by atoms with Crippen molar-refractivity contribution in [1.29, 1.82) is 0 Å². The first-order valence-electron chi connectivity index (χ1n) is 5.96. The summed E-state index contributed by atoms with van der Waals surface area (Å²) in [5.41, 5.74) is 9.57. The van der Waals surface area contributed by atoms with Crippen molar-refractivity contribution < 1.29 is 0 Å². The average molecular weight is 215 g/mol. The van der Waals surface area contributed by atoms with E-state index in [1.807, 2.05) is 0 Å². The minimum Gasteiger partial charge on any atom is -0.342 e. The molecule has 0 spiro atoms. The second-order valence-corrected chi connectivity index (χ2v) is 4.79. The zero-order chi connectivity index (χ0) is 11.1. The Hall–Kier alpha value is -1.35. The van der Waals surface area contributed by atoms with Gasteiger partial charge in [0.1, 0.15) is 5.82 Å². The Balaban J connectivity index is 2.08. The van der Waals surface area contributed by atoms with E-state index in [0.29, 0.717) is 5.92 Å². The van der Waals surface area contributed by atoms with Gasteiger partial charge in [0.25, 0.3) is 0 Å². The highest BCUT2D eigenvalue weighted by Gasteiger charge is 2.27. The molecule has 1 fully saturated rings. The van der Waals surface area contributed by atoms with Crippen molar-refractivity contribution >= 4 is 11.0 Å². The van der Waals surface area contributed by atoms with Crippen molar-refractivity contribution in [3.05, 3.63) is 29.6 Å². The monoisotopic (exact) mass is 215 g/mol. The first-order valence-corrected chi connectivity index (χ1v) is 5.96. The Morgan fingerprint density at radius 1 is 1.38 bits per heavy atom. The van der Waals surface area contributed by atoms with Crippen LogP contribution in [-0.2, 0) is 0 Å². The maximum atomic E-state index is 6.11. The van der Waals surface area contributed by atoms with Crippen molar-refractivity contribution in [2.45, 2.75) is 38.1 Å². The van der Waals surface area contributed by atoms with Crippen molar-refractivity contribution in [3.63, 3.8) is 0 Å². The lowest BCUT2D eigenvalue weighted by atomic mass is 10.0. The summed E-state index contributed by atoms with van der Waals surface area (Å²) in [7, 11) is 0. The Labute approximate surface area is 95.1 Å². The van der Waals surface area contributed by atoms with Crippen molar-refractivity contribution in [2.24, 2.45) is 5.73 Å². The van der Waals surface area contributed by atoms with Gasteiger partial charge in [-0.15, -0.1) is 0 Å². The van der Waals surface area contributed by atoms with E-state index in [1.165, 1.54) is 18.4 Å². The van der Waals surface area contributed by atoms with E-state index in [9.17, 15) is 0 Å². The second-order valence-electron chi connectivity index (χ2n) is 4.79. The van der Waals surface area contributed by atoms with Crippen LogP contribution in [0.3, 0.4) is 0 Å². The summed E-state index contributed by atoms with van der Waals surface area (Å²) < 4.78 is 0. The molecular formula is C13H17N3. The number of aryl methyl sites for hydroxylation is 1. The van der Waals surface area contributed by atoms with Gasteiger partial charge in [-0.1, -0.05) is 18.6 Å². The number of aromatic amines is 1. The summed E-state index contributed by atoms with van der Waals surface area (Å²) in [6.45, 7) is 2.10. The fourth-order valence-corrected chi connectivity index (χ4v) is 2.70. The highest BCUT2D eigenvalue weighted by Crippen LogP contribution is 2.32. The molecule has 1 saturated carbocycles. The molecule has 0 bridgehead atoms. The summed E-state index contributed by atoms with van der Waals surface area (Å²) in [6, 6.07) is 6.52. The summed E-state index contributed by atoms with van der Waals surface area (Å²) in [4.78, 5) is 8.13. The van der Waals surface area contributed by atoms with Gasteiger partial charge in [0, 0.05) is 12.0 Å². The largest absolute Gasteiger partial charge is 0.342 e. The number of fused-ring (bicyclic) bond motifs is 1. The molecule has 1 aliphatic rings. The van der Waals surface area contributed by atoms with E-state index in [4.69, 9.17) is 10.7 Å². The predicted octanol–water partition coefficient (Wildman–Crippen LogP) is 2.47. The highest BCUT2D eigenvalue weighted by atomic mass is 14.9. The Kier molecular flexibility index (Phi) is 2.21. The summed E-state index contributed by atoms with van der Waals surface area (Å²) in [5.74, 6) is 1.50. The number of hydrogen-bond donors (Lipinski definition) is 2. The van der Waals surface area contributed by atoms with Crippen LogP contribution < -0.4 is 5.73 Å². The first kappa shape index (κ1) is 9.85. The molecule has 3 nitrogen and oxygen atoms in total. The molecule has 2 unspecified atom stereocenters. The molecule has 0 amide bonds. The molecule has 0 radical (unpaired) electrons. The summed E-state index contributed by atoms with van der Waals surface area (Å²) >= 11 is 0. The Bertz CT molecular complexity index is 515. The van der Waals surface area contributed by atoms with Crippen LogP contribution in [0.2, 0.25) is 0 Å². The van der Waals surface area contributed by atoms with Gasteiger partial charge in [0.2, 0.25) is 0 Å². The molecule has 3 rings (SSSR count). The van der Waals surface area contributed by atoms with Gasteiger partial charge in [0.05, 0.1) is 11.0 Å². The number of para-hydroxylation sites is 1. The maximum absolute atomic E-state index is 6.11. The smallest absolute Gasteiger partial charge is 0.111 e. The number of nitrogens with two attached hydrogens (primary N) is 1. The Morgan fingerprint density at radius 2 is 2.25 bits per heavy atom. The van der Waals surface area contributed by atoms with Crippen molar-refractivity contribution in [2.75, 3.05) is 0 Å². The van der Waals surface area contributed by atoms with Gasteiger partial charge in [-0.05, 0) is 31.4 Å². The number of imidazole rings is 1. The van der Waals surface area contributed by atoms with Crippen LogP contribution in [0.4, 0.5) is 0 Å². The molecule has 1 aromatic heterocycles. The third-order valence-electron chi connectivity index (χ3n) is 3.65. The van der Waals surface area contributed by atoms with E-state index >= 15 is 0 Å². The lowest BCUT2D eigenvalue weighted by molar-refractivity contribution is 0.588. The van der Waals surface area contributed by atoms with Gasteiger partial charge < -0.3 is 10.7 Å². The molecule has 16 heavy (non-hydrogen) atoms. The molecular weight excluding hydrogens is 198 g/mol. The van der Waals surface area contributed by atoms with Crippen LogP contribution in [0.15, 0.2) is 18.2 Å². The minimum absolute atomic E-state index is 0.279. The molecule has 0 aliphatic heterocycles. The third-order valence-corrected chi connectivity index (χ3v) is 3.65. The van der Waals surface area contributed by atoms with E-state index < -0.39 is 0 Å². The van der Waals surface area contributed by atoms with E-state index in [1.54, 1.807) is 0 Å². The predicted molar refractivity (Wildman–Crippen MR) is 65.4 cm³/mol. The standard InChI is InChI=1S/C13H17N3/c1-8-4-2-7-11-12(8)16-13(15-11)9-5-3-6-10(9)14/h2,4,7,9-10H,3,5-6,14H2,1H3,(H,15,16). The first-order chi connectivity index (χ1) is 7.75. The molecule has 2 atom stereocenters. The van der Waals surface area contributed by atoms with Gasteiger partial charge in [-0.2, -0.15) is 0 Å². The molecule has 3 N–H and O–H groups in total. The number of H-pyrrole nitrogens is 1. The maximum Gasteiger partial charge on any atom is 0.111 e. The van der Waals surface area contributed by atoms with Gasteiger partial charge in [-0.25, -0.2) is 4.98 Å². The topological polar surface area (TPSA) is 54.7 Å². The van der Waals surface area contributed by atoms with Gasteiger partial charge >= 0.3 is 0 Å². The van der Waals surface area contributed by atoms with E-state index in [0.717, 1.165) is 23.3 Å². The molecule has 1 aliphatic carbocycles.